The molecule has 0 unspecified atom stereocenters. The minimum absolute atomic E-state index is 0.255. The van der Waals surface area contributed by atoms with Gasteiger partial charge in [0.05, 0.1) is 12.1 Å². The van der Waals surface area contributed by atoms with Gasteiger partial charge in [0.25, 0.3) is 0 Å². The molecule has 2 aromatic rings. The van der Waals surface area contributed by atoms with E-state index >= 15 is 0 Å². The largest absolute Gasteiger partial charge is 0.478 e. The van der Waals surface area contributed by atoms with Gasteiger partial charge in [-0.05, 0) is 18.2 Å². The van der Waals surface area contributed by atoms with E-state index in [2.05, 4.69) is 0 Å². The van der Waals surface area contributed by atoms with E-state index in [0.717, 1.165) is 5.52 Å². The van der Waals surface area contributed by atoms with Gasteiger partial charge in [-0.15, -0.1) is 0 Å². The summed E-state index contributed by atoms with van der Waals surface area (Å²) < 4.78 is 13.9. The number of aryl methyl sites for hydroxylation is 1. The number of alkyl halides is 1. The average Bonchev–Trinajstić information content (AvgIpc) is 2.62. The Morgan fingerprint density at radius 2 is 2.20 bits per heavy atom. The van der Waals surface area contributed by atoms with Gasteiger partial charge in [0, 0.05) is 17.1 Å². The number of carbonyl (C=O) groups is 1. The topological polar surface area (TPSA) is 42.2 Å². The third-order valence-electron chi connectivity index (χ3n) is 2.37. The normalized spacial score (nSPS) is 10.7. The highest BCUT2D eigenvalue weighted by Crippen LogP contribution is 2.20. The zero-order valence-electron chi connectivity index (χ0n) is 7.98. The lowest BCUT2D eigenvalue weighted by atomic mass is 10.1. The smallest absolute Gasteiger partial charge is 0.336 e. The Morgan fingerprint density at radius 1 is 1.40 bits per heavy atom. The molecule has 3 nitrogen and oxygen atoms in total. The monoisotopic (exact) mass is 207 g/mol. The van der Waals surface area contributed by atoms with E-state index in [1.54, 1.807) is 35.0 Å². The van der Waals surface area contributed by atoms with Crippen molar-refractivity contribution in [2.75, 3.05) is 6.67 Å². The summed E-state index contributed by atoms with van der Waals surface area (Å²) in [6.45, 7) is -0.201. The summed E-state index contributed by atoms with van der Waals surface area (Å²) in [6, 6.07) is 6.71. The molecule has 0 aliphatic carbocycles. The van der Waals surface area contributed by atoms with E-state index < -0.39 is 12.6 Å². The molecule has 1 N–H and O–H groups in total. The van der Waals surface area contributed by atoms with Crippen LogP contribution in [0, 0.1) is 0 Å². The third kappa shape index (κ3) is 1.58. The predicted molar refractivity (Wildman–Crippen MR) is 54.9 cm³/mol. The second kappa shape index (κ2) is 3.73. The zero-order valence-corrected chi connectivity index (χ0v) is 7.98. The van der Waals surface area contributed by atoms with Gasteiger partial charge in [0.2, 0.25) is 0 Å². The van der Waals surface area contributed by atoms with Gasteiger partial charge in [-0.1, -0.05) is 6.07 Å². The van der Waals surface area contributed by atoms with Gasteiger partial charge in [-0.3, -0.25) is 0 Å². The molecule has 1 heterocycles. The fourth-order valence-electron chi connectivity index (χ4n) is 1.70. The van der Waals surface area contributed by atoms with E-state index in [-0.39, 0.29) is 12.1 Å². The Bertz CT molecular complexity index is 504. The van der Waals surface area contributed by atoms with Crippen LogP contribution in [-0.2, 0) is 6.54 Å². The first-order valence-electron chi connectivity index (χ1n) is 4.61. The van der Waals surface area contributed by atoms with Gasteiger partial charge in [-0.25, -0.2) is 9.18 Å². The van der Waals surface area contributed by atoms with Crippen LogP contribution in [0.4, 0.5) is 4.39 Å². The lowest BCUT2D eigenvalue weighted by Crippen LogP contribution is -1.99. The van der Waals surface area contributed by atoms with Crippen LogP contribution in [-0.4, -0.2) is 22.3 Å². The number of aromatic nitrogens is 1. The number of aromatic carboxylic acids is 1. The van der Waals surface area contributed by atoms with E-state index in [9.17, 15) is 9.18 Å². The maximum absolute atomic E-state index is 12.2. The molecular weight excluding hydrogens is 197 g/mol. The highest BCUT2D eigenvalue weighted by Gasteiger charge is 2.10. The average molecular weight is 207 g/mol. The summed E-state index contributed by atoms with van der Waals surface area (Å²) >= 11 is 0. The summed E-state index contributed by atoms with van der Waals surface area (Å²) in [6.07, 6.45) is 1.71. The van der Waals surface area contributed by atoms with Crippen LogP contribution >= 0.6 is 0 Å². The number of hydrogen-bond acceptors (Lipinski definition) is 1. The van der Waals surface area contributed by atoms with Crippen molar-refractivity contribution < 1.29 is 14.3 Å². The summed E-state index contributed by atoms with van der Waals surface area (Å²) in [7, 11) is 0. The van der Waals surface area contributed by atoms with E-state index in [1.165, 1.54) is 0 Å². The Hall–Kier alpha value is -1.84. The molecule has 0 saturated carbocycles. The summed E-state index contributed by atoms with van der Waals surface area (Å²) in [5.41, 5.74) is 1.01. The maximum Gasteiger partial charge on any atom is 0.336 e. The van der Waals surface area contributed by atoms with Crippen molar-refractivity contribution >= 4 is 16.9 Å². The maximum atomic E-state index is 12.2. The molecule has 0 aliphatic heterocycles. The van der Waals surface area contributed by atoms with Crippen LogP contribution < -0.4 is 0 Å². The molecule has 1 aromatic heterocycles. The number of carboxylic acid groups (broad SMARTS) is 1. The first-order chi connectivity index (χ1) is 7.24. The van der Waals surface area contributed by atoms with Crippen molar-refractivity contribution in [3.8, 4) is 0 Å². The van der Waals surface area contributed by atoms with Gasteiger partial charge < -0.3 is 9.67 Å². The highest BCUT2D eigenvalue weighted by molar-refractivity contribution is 6.02. The number of benzene rings is 1. The number of carboxylic acids is 1. The van der Waals surface area contributed by atoms with Gasteiger partial charge in [-0.2, -0.15) is 0 Å². The Labute approximate surface area is 85.7 Å². The number of fused-ring (bicyclic) bond motifs is 1. The molecule has 0 spiro atoms. The van der Waals surface area contributed by atoms with Crippen LogP contribution in [0.5, 0.6) is 0 Å². The van der Waals surface area contributed by atoms with Gasteiger partial charge in [0.1, 0.15) is 6.67 Å². The molecule has 4 heteroatoms. The first kappa shape index (κ1) is 9.71. The Kier molecular flexibility index (Phi) is 2.41. The molecule has 0 fully saturated rings. The summed E-state index contributed by atoms with van der Waals surface area (Å²) in [5.74, 6) is -0.960. The summed E-state index contributed by atoms with van der Waals surface area (Å²) in [5, 5.41) is 9.59. The van der Waals surface area contributed by atoms with E-state index in [0.29, 0.717) is 5.39 Å². The predicted octanol–water partition coefficient (Wildman–Crippen LogP) is 2.31. The number of rotatable bonds is 3. The number of nitrogens with zero attached hydrogens (tertiary/aromatic N) is 1. The van der Waals surface area contributed by atoms with Crippen molar-refractivity contribution in [3.63, 3.8) is 0 Å². The molecule has 0 bridgehead atoms. The summed E-state index contributed by atoms with van der Waals surface area (Å²) in [4.78, 5) is 10.9. The molecule has 0 radical (unpaired) electrons. The van der Waals surface area contributed by atoms with Crippen LogP contribution in [0.1, 0.15) is 10.4 Å². The fourth-order valence-corrected chi connectivity index (χ4v) is 1.70. The SMILES string of the molecule is O=C(O)c1cccc2c1ccn2CCF. The molecule has 0 amide bonds. The first-order valence-corrected chi connectivity index (χ1v) is 4.61. The van der Waals surface area contributed by atoms with Gasteiger partial charge >= 0.3 is 5.97 Å². The molecule has 0 aliphatic rings. The fraction of sp³-hybridized carbons (Fsp3) is 0.182. The second-order valence-corrected chi connectivity index (χ2v) is 3.24. The van der Waals surface area contributed by atoms with Crippen molar-refractivity contribution in [3.05, 3.63) is 36.0 Å². The molecule has 0 atom stereocenters. The third-order valence-corrected chi connectivity index (χ3v) is 2.37. The lowest BCUT2D eigenvalue weighted by Gasteiger charge is -2.02. The second-order valence-electron chi connectivity index (χ2n) is 3.24. The molecule has 0 saturated heterocycles. The van der Waals surface area contributed by atoms with Crippen LogP contribution in [0.2, 0.25) is 0 Å². The molecule has 2 rings (SSSR count). The van der Waals surface area contributed by atoms with Crippen LogP contribution in [0.15, 0.2) is 30.5 Å². The standard InChI is InChI=1S/C11H10FNO2/c12-5-7-13-6-4-8-9(11(14)15)2-1-3-10(8)13/h1-4,6H,5,7H2,(H,14,15). The molecule has 1 aromatic carbocycles. The molecule has 15 heavy (non-hydrogen) atoms. The lowest BCUT2D eigenvalue weighted by molar-refractivity contribution is 0.0699. The van der Waals surface area contributed by atoms with Crippen molar-refractivity contribution in [1.82, 2.24) is 4.57 Å². The van der Waals surface area contributed by atoms with Crippen molar-refractivity contribution in [2.24, 2.45) is 0 Å². The minimum atomic E-state index is -0.960. The quantitative estimate of drug-likeness (QED) is 0.839. The van der Waals surface area contributed by atoms with E-state index in [1.807, 2.05) is 0 Å². The zero-order chi connectivity index (χ0) is 10.8. The van der Waals surface area contributed by atoms with E-state index in [4.69, 9.17) is 5.11 Å². The minimum Gasteiger partial charge on any atom is -0.478 e. The molecule has 78 valence electrons. The van der Waals surface area contributed by atoms with Crippen LogP contribution in [0.25, 0.3) is 10.9 Å². The molecular formula is C11H10FNO2. The van der Waals surface area contributed by atoms with Crippen molar-refractivity contribution in [1.29, 1.82) is 0 Å². The highest BCUT2D eigenvalue weighted by atomic mass is 19.1. The Balaban J connectivity index is 2.63. The number of hydrogen-bond donors (Lipinski definition) is 1. The number of halogens is 1. The van der Waals surface area contributed by atoms with Crippen molar-refractivity contribution in [2.45, 2.75) is 6.54 Å². The Morgan fingerprint density at radius 3 is 2.87 bits per heavy atom. The van der Waals surface area contributed by atoms with Gasteiger partial charge in [0.15, 0.2) is 0 Å². The van der Waals surface area contributed by atoms with Crippen LogP contribution in [0.3, 0.4) is 0 Å².